The van der Waals surface area contributed by atoms with Crippen molar-refractivity contribution in [3.63, 3.8) is 0 Å². The predicted octanol–water partition coefficient (Wildman–Crippen LogP) is 7.63. The Morgan fingerprint density at radius 3 is 2.59 bits per heavy atom. The van der Waals surface area contributed by atoms with Gasteiger partial charge in [0.15, 0.2) is 0 Å². The number of amides is 2. The van der Waals surface area contributed by atoms with E-state index in [0.717, 1.165) is 49.8 Å². The maximum Gasteiger partial charge on any atom is 0.341 e. The number of ether oxygens (including phenoxy) is 1. The number of anilines is 1. The standard InChI is InChI=1S/C29H39N3O3S2/c1-4-6-7-8-13-21-20(3)19-36-27(32-16-11-12-17-32)23(21)18-30-29(34)31-26-25(28(33)35-5-2)22-14-9-10-15-24(22)37-26/h11-12,16-17H,4-10,13-15,18-19H2,1-3H3,(H2,30,31,34). The highest BCUT2D eigenvalue weighted by Gasteiger charge is 2.28. The molecule has 1 aliphatic heterocycles. The van der Waals surface area contributed by atoms with Crippen LogP contribution in [0.25, 0.3) is 5.03 Å². The number of esters is 1. The van der Waals surface area contributed by atoms with E-state index in [1.165, 1.54) is 57.2 Å². The summed E-state index contributed by atoms with van der Waals surface area (Å²) in [6, 6.07) is 3.78. The number of nitrogens with one attached hydrogen (secondary N) is 2. The molecule has 0 spiro atoms. The Kier molecular flexibility index (Phi) is 9.97. The number of aryl methyl sites for hydroxylation is 1. The van der Waals surface area contributed by atoms with Crippen LogP contribution in [-0.2, 0) is 17.6 Å². The fourth-order valence-electron chi connectivity index (χ4n) is 5.10. The van der Waals surface area contributed by atoms with E-state index in [-0.39, 0.29) is 12.0 Å². The topological polar surface area (TPSA) is 72.4 Å². The molecule has 2 amide bonds. The van der Waals surface area contributed by atoms with Crippen LogP contribution in [0, 0.1) is 0 Å². The second kappa shape index (κ2) is 13.4. The number of carbonyl (C=O) groups is 2. The molecule has 4 rings (SSSR count). The third-order valence-corrected chi connectivity index (χ3v) is 9.50. The Balaban J connectivity index is 1.53. The summed E-state index contributed by atoms with van der Waals surface area (Å²) < 4.78 is 7.50. The lowest BCUT2D eigenvalue weighted by molar-refractivity contribution is 0.0526. The molecular weight excluding hydrogens is 502 g/mol. The number of thiophene rings is 1. The van der Waals surface area contributed by atoms with Crippen LogP contribution in [-0.4, -0.2) is 35.5 Å². The minimum atomic E-state index is -0.341. The first-order chi connectivity index (χ1) is 18.0. The van der Waals surface area contributed by atoms with E-state index in [0.29, 0.717) is 23.7 Å². The normalized spacial score (nSPS) is 15.5. The van der Waals surface area contributed by atoms with Crippen LogP contribution < -0.4 is 10.6 Å². The van der Waals surface area contributed by atoms with E-state index < -0.39 is 0 Å². The van der Waals surface area contributed by atoms with Gasteiger partial charge in [0.25, 0.3) is 0 Å². The van der Waals surface area contributed by atoms with Gasteiger partial charge in [0.1, 0.15) is 5.00 Å². The number of rotatable bonds is 11. The monoisotopic (exact) mass is 541 g/mol. The van der Waals surface area contributed by atoms with Crippen LogP contribution in [0.5, 0.6) is 0 Å². The molecule has 37 heavy (non-hydrogen) atoms. The number of thioether (sulfide) groups is 1. The fraction of sp³-hybridized carbons (Fsp3) is 0.517. The maximum atomic E-state index is 13.2. The maximum absolute atomic E-state index is 13.2. The minimum absolute atomic E-state index is 0.290. The second-order valence-corrected chi connectivity index (χ2v) is 11.7. The molecule has 0 saturated heterocycles. The molecule has 0 unspecified atom stereocenters. The van der Waals surface area contributed by atoms with Crippen molar-refractivity contribution in [3.8, 4) is 0 Å². The van der Waals surface area contributed by atoms with Crippen LogP contribution >= 0.6 is 23.1 Å². The van der Waals surface area contributed by atoms with Crippen LogP contribution in [0.1, 0.15) is 86.5 Å². The van der Waals surface area contributed by atoms with E-state index in [1.807, 2.05) is 30.8 Å². The van der Waals surface area contributed by atoms with Gasteiger partial charge in [-0.3, -0.25) is 5.32 Å². The first-order valence-electron chi connectivity index (χ1n) is 13.6. The molecule has 200 valence electrons. The summed E-state index contributed by atoms with van der Waals surface area (Å²) in [5.41, 5.74) is 5.55. The molecule has 2 N–H and O–H groups in total. The van der Waals surface area contributed by atoms with Crippen molar-refractivity contribution in [2.75, 3.05) is 24.2 Å². The fourth-order valence-corrected chi connectivity index (χ4v) is 7.54. The number of nitrogens with zero attached hydrogens (tertiary/aromatic N) is 1. The van der Waals surface area contributed by atoms with Gasteiger partial charge in [-0.2, -0.15) is 0 Å². The van der Waals surface area contributed by atoms with Gasteiger partial charge in [-0.25, -0.2) is 9.59 Å². The number of unbranched alkanes of at least 4 members (excludes halogenated alkanes) is 3. The zero-order chi connectivity index (χ0) is 26.2. The van der Waals surface area contributed by atoms with Gasteiger partial charge >= 0.3 is 12.0 Å². The van der Waals surface area contributed by atoms with Crippen LogP contribution in [0.4, 0.5) is 9.80 Å². The van der Waals surface area contributed by atoms with Crippen molar-refractivity contribution >= 4 is 45.1 Å². The van der Waals surface area contributed by atoms with E-state index in [4.69, 9.17) is 4.74 Å². The lowest BCUT2D eigenvalue weighted by Gasteiger charge is -2.26. The molecule has 0 saturated carbocycles. The first-order valence-corrected chi connectivity index (χ1v) is 15.4. The van der Waals surface area contributed by atoms with Crippen molar-refractivity contribution in [3.05, 3.63) is 57.2 Å². The van der Waals surface area contributed by atoms with Gasteiger partial charge < -0.3 is 14.6 Å². The summed E-state index contributed by atoms with van der Waals surface area (Å²) in [4.78, 5) is 27.1. The highest BCUT2D eigenvalue weighted by Crippen LogP contribution is 2.40. The summed E-state index contributed by atoms with van der Waals surface area (Å²) >= 11 is 3.34. The van der Waals surface area contributed by atoms with Gasteiger partial charge in [-0.1, -0.05) is 31.8 Å². The third-order valence-electron chi connectivity index (χ3n) is 6.99. The predicted molar refractivity (Wildman–Crippen MR) is 156 cm³/mol. The number of fused-ring (bicyclic) bond motifs is 1. The van der Waals surface area contributed by atoms with Crippen LogP contribution in [0.2, 0.25) is 0 Å². The van der Waals surface area contributed by atoms with E-state index in [2.05, 4.69) is 41.4 Å². The Morgan fingerprint density at radius 2 is 1.84 bits per heavy atom. The highest BCUT2D eigenvalue weighted by atomic mass is 32.2. The molecule has 2 aromatic rings. The van der Waals surface area contributed by atoms with Gasteiger partial charge in [0.2, 0.25) is 0 Å². The lowest BCUT2D eigenvalue weighted by atomic mass is 9.95. The summed E-state index contributed by atoms with van der Waals surface area (Å²) in [6.45, 7) is 7.01. The molecule has 0 atom stereocenters. The van der Waals surface area contributed by atoms with Crippen molar-refractivity contribution in [2.45, 2.75) is 78.6 Å². The number of hydrogen-bond donors (Lipinski definition) is 2. The van der Waals surface area contributed by atoms with Crippen molar-refractivity contribution < 1.29 is 14.3 Å². The first kappa shape index (κ1) is 27.6. The van der Waals surface area contributed by atoms with Gasteiger partial charge in [-0.15, -0.1) is 23.1 Å². The number of hydrogen-bond acceptors (Lipinski definition) is 5. The van der Waals surface area contributed by atoms with E-state index in [1.54, 1.807) is 0 Å². The molecule has 2 aromatic heterocycles. The molecule has 3 heterocycles. The molecule has 2 aliphatic rings. The highest BCUT2D eigenvalue weighted by molar-refractivity contribution is 8.08. The van der Waals surface area contributed by atoms with Crippen molar-refractivity contribution in [1.82, 2.24) is 9.88 Å². The molecule has 6 nitrogen and oxygen atoms in total. The average molecular weight is 542 g/mol. The average Bonchev–Trinajstić information content (AvgIpc) is 3.54. The van der Waals surface area contributed by atoms with Gasteiger partial charge in [0, 0.05) is 35.1 Å². The Labute approximate surface area is 228 Å². The Morgan fingerprint density at radius 1 is 1.05 bits per heavy atom. The molecular formula is C29H39N3O3S2. The minimum Gasteiger partial charge on any atom is -0.462 e. The van der Waals surface area contributed by atoms with Crippen LogP contribution in [0.3, 0.4) is 0 Å². The van der Waals surface area contributed by atoms with Gasteiger partial charge in [-0.05, 0) is 75.6 Å². The quantitative estimate of drug-likeness (QED) is 0.227. The molecule has 0 bridgehead atoms. The molecule has 0 aromatic carbocycles. The number of aromatic nitrogens is 1. The summed E-state index contributed by atoms with van der Waals surface area (Å²) in [5, 5.41) is 7.89. The lowest BCUT2D eigenvalue weighted by Crippen LogP contribution is -2.32. The Bertz CT molecular complexity index is 1160. The summed E-state index contributed by atoms with van der Waals surface area (Å²) in [5.74, 6) is 0.627. The number of carbonyl (C=O) groups excluding carboxylic acids is 2. The van der Waals surface area contributed by atoms with E-state index in [9.17, 15) is 9.59 Å². The Hall–Kier alpha value is -2.45. The van der Waals surface area contributed by atoms with Crippen molar-refractivity contribution in [1.29, 1.82) is 0 Å². The van der Waals surface area contributed by atoms with Crippen molar-refractivity contribution in [2.24, 2.45) is 0 Å². The summed E-state index contributed by atoms with van der Waals surface area (Å²) in [6.07, 6.45) is 14.0. The summed E-state index contributed by atoms with van der Waals surface area (Å²) in [7, 11) is 0. The number of urea groups is 1. The van der Waals surface area contributed by atoms with E-state index >= 15 is 0 Å². The second-order valence-electron chi connectivity index (χ2n) is 9.68. The zero-order valence-corrected chi connectivity index (χ0v) is 23.9. The SMILES string of the molecule is CCCCCCC1=C(C)CSC(n2cccc2)=C1CNC(=O)Nc1sc2c(c1C(=O)OCC)CCCC2. The van der Waals surface area contributed by atoms with Gasteiger partial charge in [0.05, 0.1) is 17.2 Å². The molecule has 0 fully saturated rings. The third kappa shape index (κ3) is 6.71. The smallest absolute Gasteiger partial charge is 0.341 e. The molecule has 0 radical (unpaired) electrons. The zero-order valence-electron chi connectivity index (χ0n) is 22.3. The largest absolute Gasteiger partial charge is 0.462 e. The van der Waals surface area contributed by atoms with Crippen LogP contribution in [0.15, 0.2) is 41.2 Å². The molecule has 8 heteroatoms. The molecule has 1 aliphatic carbocycles.